The summed E-state index contributed by atoms with van der Waals surface area (Å²) in [5, 5.41) is 9.17. The number of amides is 1. The lowest BCUT2D eigenvalue weighted by Crippen LogP contribution is -2.26. The Kier molecular flexibility index (Phi) is 5.43. The monoisotopic (exact) mass is 571 g/mol. The van der Waals surface area contributed by atoms with Gasteiger partial charge in [0.05, 0.1) is 14.8 Å². The Morgan fingerprint density at radius 2 is 1.76 bits per heavy atom. The molecule has 0 aromatic heterocycles. The Bertz CT molecular complexity index is 502. The maximum atomic E-state index is 11.4. The largest absolute Gasteiger partial charge is 0.478 e. The number of anilines is 1. The van der Waals surface area contributed by atoms with Crippen molar-refractivity contribution in [3.8, 4) is 0 Å². The van der Waals surface area contributed by atoms with Crippen molar-refractivity contribution < 1.29 is 14.7 Å². The van der Waals surface area contributed by atoms with Crippen LogP contribution in [0.4, 0.5) is 5.69 Å². The molecule has 92 valence electrons. The van der Waals surface area contributed by atoms with E-state index in [-0.39, 0.29) is 11.5 Å². The number of halogens is 3. The zero-order chi connectivity index (χ0) is 13.3. The van der Waals surface area contributed by atoms with Crippen LogP contribution in [0.15, 0.2) is 6.07 Å². The highest BCUT2D eigenvalue weighted by molar-refractivity contribution is 14.1. The molecule has 4 nitrogen and oxygen atoms in total. The average Bonchev–Trinajstić information content (AvgIpc) is 2.15. The summed E-state index contributed by atoms with van der Waals surface area (Å²) in [4.78, 5) is 24.0. The van der Waals surface area contributed by atoms with Gasteiger partial charge in [-0.3, -0.25) is 4.79 Å². The van der Waals surface area contributed by atoms with Crippen LogP contribution in [0.25, 0.3) is 0 Å². The Morgan fingerprint density at radius 3 is 2.18 bits per heavy atom. The summed E-state index contributed by atoms with van der Waals surface area (Å²) in [6.07, 6.45) is 0. The normalized spacial score (nSPS) is 10.2. The number of carboxylic acid groups (broad SMARTS) is 1. The van der Waals surface area contributed by atoms with Crippen LogP contribution in [0.2, 0.25) is 0 Å². The van der Waals surface area contributed by atoms with Crippen molar-refractivity contribution >= 4 is 85.3 Å². The smallest absolute Gasteiger partial charge is 0.337 e. The quantitative estimate of drug-likeness (QED) is 0.556. The summed E-state index contributed by atoms with van der Waals surface area (Å²) < 4.78 is 2.12. The van der Waals surface area contributed by atoms with E-state index in [1.807, 2.05) is 45.2 Å². The lowest BCUT2D eigenvalue weighted by Gasteiger charge is -2.20. The van der Waals surface area contributed by atoms with Gasteiger partial charge in [0.2, 0.25) is 5.91 Å². The van der Waals surface area contributed by atoms with Crippen LogP contribution in [-0.2, 0) is 4.79 Å². The fourth-order valence-corrected chi connectivity index (χ4v) is 5.80. The molecular weight excluding hydrogens is 563 g/mol. The predicted octanol–water partition coefficient (Wildman–Crippen LogP) is 3.18. The van der Waals surface area contributed by atoms with E-state index in [0.717, 1.165) is 3.57 Å². The molecule has 0 fully saturated rings. The number of carbonyl (C=O) groups excluding carboxylic acids is 1. The third-order valence-corrected chi connectivity index (χ3v) is 4.89. The van der Waals surface area contributed by atoms with E-state index in [9.17, 15) is 9.59 Å². The van der Waals surface area contributed by atoms with Crippen LogP contribution in [0.1, 0.15) is 17.3 Å². The average molecular weight is 571 g/mol. The molecule has 0 heterocycles. The van der Waals surface area contributed by atoms with Gasteiger partial charge in [-0.05, 0) is 73.8 Å². The van der Waals surface area contributed by atoms with Crippen molar-refractivity contribution in [2.24, 2.45) is 0 Å². The number of nitrogens with zero attached hydrogens (tertiary/aromatic N) is 1. The number of carboxylic acids is 1. The predicted molar refractivity (Wildman–Crippen MR) is 90.6 cm³/mol. The summed E-state index contributed by atoms with van der Waals surface area (Å²) in [7, 11) is 1.64. The van der Waals surface area contributed by atoms with Gasteiger partial charge in [-0.15, -0.1) is 0 Å². The van der Waals surface area contributed by atoms with E-state index in [1.54, 1.807) is 13.1 Å². The standard InChI is InChI=1S/C10H8I3NO3/c1-4(15)14(2)9-6(12)3-5(11)7(8(9)13)10(16)17/h3H,1-2H3,(H,16,17). The first kappa shape index (κ1) is 15.4. The van der Waals surface area contributed by atoms with Gasteiger partial charge >= 0.3 is 5.97 Å². The van der Waals surface area contributed by atoms with Crippen molar-refractivity contribution in [3.63, 3.8) is 0 Å². The second-order valence-corrected chi connectivity index (χ2v) is 6.66. The van der Waals surface area contributed by atoms with Crippen LogP contribution in [0, 0.1) is 10.7 Å². The summed E-state index contributed by atoms with van der Waals surface area (Å²) >= 11 is 6.07. The van der Waals surface area contributed by atoms with E-state index in [0.29, 0.717) is 12.8 Å². The molecule has 1 aromatic carbocycles. The molecule has 0 atom stereocenters. The first-order valence-corrected chi connectivity index (χ1v) is 7.66. The molecule has 1 rings (SSSR count). The SMILES string of the molecule is CC(=O)N(C)c1c(I)cc(I)c(C(=O)O)c1I. The Morgan fingerprint density at radius 1 is 1.24 bits per heavy atom. The van der Waals surface area contributed by atoms with Gasteiger partial charge in [-0.2, -0.15) is 0 Å². The minimum absolute atomic E-state index is 0.127. The zero-order valence-corrected chi connectivity index (χ0v) is 15.4. The highest BCUT2D eigenvalue weighted by atomic mass is 127. The minimum atomic E-state index is -0.978. The first-order chi connectivity index (χ1) is 7.77. The molecule has 0 aliphatic carbocycles. The summed E-state index contributed by atoms with van der Waals surface area (Å²) in [6.45, 7) is 1.45. The molecule has 17 heavy (non-hydrogen) atoms. The fourth-order valence-electron chi connectivity index (χ4n) is 1.24. The lowest BCUT2D eigenvalue weighted by atomic mass is 10.2. The molecule has 0 aliphatic heterocycles. The third kappa shape index (κ3) is 3.22. The van der Waals surface area contributed by atoms with Crippen molar-refractivity contribution in [3.05, 3.63) is 22.3 Å². The third-order valence-electron chi connectivity index (χ3n) is 2.17. The molecule has 1 N–H and O–H groups in total. The van der Waals surface area contributed by atoms with E-state index in [2.05, 4.69) is 22.6 Å². The summed E-state index contributed by atoms with van der Waals surface area (Å²) in [6, 6.07) is 1.77. The highest BCUT2D eigenvalue weighted by Gasteiger charge is 2.22. The maximum absolute atomic E-state index is 11.4. The topological polar surface area (TPSA) is 57.6 Å². The molecule has 0 bridgehead atoms. The second-order valence-electron chi connectivity index (χ2n) is 3.26. The van der Waals surface area contributed by atoms with Gasteiger partial charge in [0.15, 0.2) is 0 Å². The minimum Gasteiger partial charge on any atom is -0.478 e. The molecule has 0 saturated carbocycles. The Labute approximate surface area is 140 Å². The van der Waals surface area contributed by atoms with Crippen molar-refractivity contribution in [1.82, 2.24) is 0 Å². The maximum Gasteiger partial charge on any atom is 0.337 e. The van der Waals surface area contributed by atoms with Crippen LogP contribution in [0.3, 0.4) is 0 Å². The molecule has 0 spiro atoms. The van der Waals surface area contributed by atoms with E-state index in [1.165, 1.54) is 11.8 Å². The highest BCUT2D eigenvalue weighted by Crippen LogP contribution is 2.33. The molecular formula is C10H8I3NO3. The molecule has 0 unspecified atom stereocenters. The summed E-state index contributed by atoms with van der Waals surface area (Å²) in [5.41, 5.74) is 0.895. The number of rotatable bonds is 2. The van der Waals surface area contributed by atoms with E-state index >= 15 is 0 Å². The van der Waals surface area contributed by atoms with Gasteiger partial charge in [0.25, 0.3) is 0 Å². The number of benzene rings is 1. The van der Waals surface area contributed by atoms with E-state index in [4.69, 9.17) is 5.11 Å². The molecule has 7 heteroatoms. The van der Waals surface area contributed by atoms with Crippen molar-refractivity contribution in [2.75, 3.05) is 11.9 Å². The van der Waals surface area contributed by atoms with Crippen LogP contribution in [-0.4, -0.2) is 24.0 Å². The number of carbonyl (C=O) groups is 2. The number of hydrogen-bond donors (Lipinski definition) is 1. The van der Waals surface area contributed by atoms with E-state index < -0.39 is 5.97 Å². The molecule has 1 aromatic rings. The fraction of sp³-hybridized carbons (Fsp3) is 0.200. The van der Waals surface area contributed by atoms with Gasteiger partial charge in [0.1, 0.15) is 0 Å². The van der Waals surface area contributed by atoms with Gasteiger partial charge in [0, 0.05) is 21.1 Å². The summed E-state index contributed by atoms with van der Waals surface area (Å²) in [5.74, 6) is -1.10. The van der Waals surface area contributed by atoms with Gasteiger partial charge in [-0.1, -0.05) is 0 Å². The number of hydrogen-bond acceptors (Lipinski definition) is 2. The molecule has 1 amide bonds. The van der Waals surface area contributed by atoms with Crippen LogP contribution < -0.4 is 4.90 Å². The van der Waals surface area contributed by atoms with Crippen molar-refractivity contribution in [1.29, 1.82) is 0 Å². The first-order valence-electron chi connectivity index (χ1n) is 4.42. The number of aromatic carboxylic acids is 1. The van der Waals surface area contributed by atoms with Crippen molar-refractivity contribution in [2.45, 2.75) is 6.92 Å². The zero-order valence-electron chi connectivity index (χ0n) is 8.92. The lowest BCUT2D eigenvalue weighted by molar-refractivity contribution is -0.116. The second kappa shape index (κ2) is 5.99. The Balaban J connectivity index is 3.57. The van der Waals surface area contributed by atoms with Crippen LogP contribution >= 0.6 is 67.8 Å². The van der Waals surface area contributed by atoms with Crippen LogP contribution in [0.5, 0.6) is 0 Å². The van der Waals surface area contributed by atoms with Gasteiger partial charge in [-0.25, -0.2) is 4.79 Å². The molecule has 0 saturated heterocycles. The van der Waals surface area contributed by atoms with Gasteiger partial charge < -0.3 is 10.0 Å². The Hall–Kier alpha value is 0.350. The molecule has 0 radical (unpaired) electrons. The molecule has 0 aliphatic rings.